The van der Waals surface area contributed by atoms with Crippen LogP contribution < -0.4 is 5.32 Å². The maximum Gasteiger partial charge on any atom is 0.326 e. The van der Waals surface area contributed by atoms with Gasteiger partial charge in [-0.15, -0.1) is 0 Å². The number of aromatic nitrogens is 1. The van der Waals surface area contributed by atoms with E-state index in [2.05, 4.69) is 10.3 Å². The molecule has 3 N–H and O–H groups in total. The molecular formula is C12H12N2O5. The Bertz CT molecular complexity index is 634. The lowest BCUT2D eigenvalue weighted by molar-refractivity contribution is -0.144. The van der Waals surface area contributed by atoms with E-state index in [0.717, 1.165) is 0 Å². The van der Waals surface area contributed by atoms with Gasteiger partial charge in [0.2, 0.25) is 0 Å². The average Bonchev–Trinajstić information content (AvgIpc) is 2.66. The van der Waals surface area contributed by atoms with E-state index in [1.807, 2.05) is 0 Å². The summed E-state index contributed by atoms with van der Waals surface area (Å²) in [7, 11) is 0. The van der Waals surface area contributed by atoms with Crippen LogP contribution in [0.15, 0.2) is 22.6 Å². The van der Waals surface area contributed by atoms with Gasteiger partial charge in [0.05, 0.1) is 6.42 Å². The van der Waals surface area contributed by atoms with Crippen molar-refractivity contribution in [1.82, 2.24) is 4.98 Å². The third-order valence-electron chi connectivity index (χ3n) is 2.51. The first kappa shape index (κ1) is 12.9. The molecule has 0 amide bonds. The normalized spacial score (nSPS) is 12.3. The Kier molecular flexibility index (Phi) is 3.37. The molecule has 0 aliphatic rings. The van der Waals surface area contributed by atoms with Crippen molar-refractivity contribution in [2.45, 2.75) is 19.4 Å². The molecule has 1 atom stereocenters. The minimum atomic E-state index is -1.23. The molecule has 0 saturated carbocycles. The zero-order valence-corrected chi connectivity index (χ0v) is 10.1. The monoisotopic (exact) mass is 264 g/mol. The molecule has 1 heterocycles. The molecule has 0 fully saturated rings. The molecular weight excluding hydrogens is 252 g/mol. The number of hydrogen-bond donors (Lipinski definition) is 3. The molecule has 1 unspecified atom stereocenters. The van der Waals surface area contributed by atoms with Crippen LogP contribution in [0.25, 0.3) is 11.1 Å². The standard InChI is InChI=1S/C12H12N2O5/c1-6-13-8-3-2-7(4-10(8)19-6)14-9(12(17)18)5-11(15)16/h2-4,9,14H,5H2,1H3,(H,15,16)(H,17,18). The number of benzene rings is 1. The van der Waals surface area contributed by atoms with Crippen LogP contribution in [0, 0.1) is 6.92 Å². The van der Waals surface area contributed by atoms with E-state index in [1.54, 1.807) is 25.1 Å². The van der Waals surface area contributed by atoms with Gasteiger partial charge in [0, 0.05) is 18.7 Å². The summed E-state index contributed by atoms with van der Waals surface area (Å²) in [5.74, 6) is -1.90. The molecule has 0 aliphatic heterocycles. The number of oxazole rings is 1. The fourth-order valence-corrected chi connectivity index (χ4v) is 1.71. The van der Waals surface area contributed by atoms with Crippen LogP contribution in [-0.2, 0) is 9.59 Å². The molecule has 2 rings (SSSR count). The maximum absolute atomic E-state index is 10.9. The molecule has 0 bridgehead atoms. The second-order valence-electron chi connectivity index (χ2n) is 4.05. The topological polar surface area (TPSA) is 113 Å². The van der Waals surface area contributed by atoms with Gasteiger partial charge in [0.25, 0.3) is 0 Å². The van der Waals surface area contributed by atoms with Crippen LogP contribution in [0.5, 0.6) is 0 Å². The Morgan fingerprint density at radius 2 is 2.16 bits per heavy atom. The summed E-state index contributed by atoms with van der Waals surface area (Å²) in [6, 6.07) is 3.70. The number of rotatable bonds is 5. The molecule has 2 aromatic rings. The van der Waals surface area contributed by atoms with E-state index < -0.39 is 24.4 Å². The predicted molar refractivity (Wildman–Crippen MR) is 66.0 cm³/mol. The third-order valence-corrected chi connectivity index (χ3v) is 2.51. The molecule has 0 radical (unpaired) electrons. The van der Waals surface area contributed by atoms with Crippen molar-refractivity contribution in [2.75, 3.05) is 5.32 Å². The number of anilines is 1. The Morgan fingerprint density at radius 1 is 1.42 bits per heavy atom. The Morgan fingerprint density at radius 3 is 2.79 bits per heavy atom. The van der Waals surface area contributed by atoms with Gasteiger partial charge in [0.15, 0.2) is 11.5 Å². The van der Waals surface area contributed by atoms with Gasteiger partial charge in [-0.05, 0) is 12.1 Å². The number of nitrogens with zero attached hydrogens (tertiary/aromatic N) is 1. The molecule has 7 nitrogen and oxygen atoms in total. The van der Waals surface area contributed by atoms with Crippen LogP contribution >= 0.6 is 0 Å². The van der Waals surface area contributed by atoms with Crippen LogP contribution in [0.3, 0.4) is 0 Å². The molecule has 19 heavy (non-hydrogen) atoms. The minimum absolute atomic E-state index is 0.470. The highest BCUT2D eigenvalue weighted by atomic mass is 16.4. The van der Waals surface area contributed by atoms with E-state index in [9.17, 15) is 9.59 Å². The summed E-state index contributed by atoms with van der Waals surface area (Å²) in [6.45, 7) is 1.71. The highest BCUT2D eigenvalue weighted by Crippen LogP contribution is 2.20. The third kappa shape index (κ3) is 3.01. The minimum Gasteiger partial charge on any atom is -0.481 e. The predicted octanol–water partition coefficient (Wildman–Crippen LogP) is 1.48. The van der Waals surface area contributed by atoms with Crippen molar-refractivity contribution < 1.29 is 24.2 Å². The van der Waals surface area contributed by atoms with Crippen LogP contribution in [0.4, 0.5) is 5.69 Å². The number of aliphatic carboxylic acids is 2. The summed E-state index contributed by atoms with van der Waals surface area (Å²) < 4.78 is 5.32. The maximum atomic E-state index is 10.9. The van der Waals surface area contributed by atoms with E-state index >= 15 is 0 Å². The van der Waals surface area contributed by atoms with Gasteiger partial charge in [-0.1, -0.05) is 0 Å². The number of fused-ring (bicyclic) bond motifs is 1. The number of nitrogens with one attached hydrogen (secondary N) is 1. The summed E-state index contributed by atoms with van der Waals surface area (Å²) in [6.07, 6.45) is -0.511. The summed E-state index contributed by atoms with van der Waals surface area (Å²) >= 11 is 0. The Labute approximate surface area is 107 Å². The lowest BCUT2D eigenvalue weighted by Gasteiger charge is -2.13. The fourth-order valence-electron chi connectivity index (χ4n) is 1.71. The molecule has 0 spiro atoms. The molecule has 1 aromatic carbocycles. The lowest BCUT2D eigenvalue weighted by atomic mass is 10.2. The largest absolute Gasteiger partial charge is 0.481 e. The van der Waals surface area contributed by atoms with E-state index in [1.165, 1.54) is 0 Å². The summed E-state index contributed by atoms with van der Waals surface area (Å²) in [4.78, 5) is 25.6. The first-order valence-corrected chi connectivity index (χ1v) is 5.54. The van der Waals surface area contributed by atoms with E-state index in [-0.39, 0.29) is 0 Å². The highest BCUT2D eigenvalue weighted by molar-refractivity contribution is 5.84. The number of carboxylic acid groups (broad SMARTS) is 2. The van der Waals surface area contributed by atoms with Crippen LogP contribution in [0.1, 0.15) is 12.3 Å². The molecule has 7 heteroatoms. The molecule has 0 aliphatic carbocycles. The van der Waals surface area contributed by atoms with Gasteiger partial charge in [-0.25, -0.2) is 9.78 Å². The Hall–Kier alpha value is -2.57. The number of hydrogen-bond acceptors (Lipinski definition) is 5. The quantitative estimate of drug-likeness (QED) is 0.749. The molecule has 0 saturated heterocycles. The van der Waals surface area contributed by atoms with Crippen molar-refractivity contribution in [2.24, 2.45) is 0 Å². The molecule has 100 valence electrons. The van der Waals surface area contributed by atoms with Crippen LogP contribution in [0.2, 0.25) is 0 Å². The van der Waals surface area contributed by atoms with Gasteiger partial charge in [-0.3, -0.25) is 4.79 Å². The fraction of sp³-hybridized carbons (Fsp3) is 0.250. The zero-order valence-electron chi connectivity index (χ0n) is 10.1. The van der Waals surface area contributed by atoms with Crippen molar-refractivity contribution in [1.29, 1.82) is 0 Å². The first-order valence-electron chi connectivity index (χ1n) is 5.54. The van der Waals surface area contributed by atoms with Crippen molar-refractivity contribution in [3.63, 3.8) is 0 Å². The zero-order chi connectivity index (χ0) is 14.0. The van der Waals surface area contributed by atoms with Gasteiger partial charge in [0.1, 0.15) is 11.6 Å². The van der Waals surface area contributed by atoms with Gasteiger partial charge >= 0.3 is 11.9 Å². The number of carbonyl (C=O) groups is 2. The van der Waals surface area contributed by atoms with Crippen molar-refractivity contribution >= 4 is 28.7 Å². The molecule has 1 aromatic heterocycles. The van der Waals surface area contributed by atoms with E-state index in [4.69, 9.17) is 14.6 Å². The first-order chi connectivity index (χ1) is 8.95. The van der Waals surface area contributed by atoms with Crippen LogP contribution in [-0.4, -0.2) is 33.2 Å². The van der Waals surface area contributed by atoms with Gasteiger partial charge in [-0.2, -0.15) is 0 Å². The Balaban J connectivity index is 2.23. The summed E-state index contributed by atoms with van der Waals surface area (Å²) in [5.41, 5.74) is 1.65. The number of aryl methyl sites for hydroxylation is 1. The highest BCUT2D eigenvalue weighted by Gasteiger charge is 2.20. The smallest absolute Gasteiger partial charge is 0.326 e. The van der Waals surface area contributed by atoms with Gasteiger partial charge < -0.3 is 19.9 Å². The number of carboxylic acids is 2. The second-order valence-corrected chi connectivity index (χ2v) is 4.05. The summed E-state index contributed by atoms with van der Waals surface area (Å²) in [5, 5.41) is 20.2. The lowest BCUT2D eigenvalue weighted by Crippen LogP contribution is -2.31. The van der Waals surface area contributed by atoms with Crippen molar-refractivity contribution in [3.8, 4) is 0 Å². The van der Waals surface area contributed by atoms with Crippen molar-refractivity contribution in [3.05, 3.63) is 24.1 Å². The SMILES string of the molecule is Cc1nc2ccc(NC(CC(=O)O)C(=O)O)cc2o1. The van der Waals surface area contributed by atoms with E-state index in [0.29, 0.717) is 22.7 Å². The average molecular weight is 264 g/mol. The second kappa shape index (κ2) is 4.97.